The average molecular weight is 437 g/mol. The molecule has 0 unspecified atom stereocenters. The second-order valence-electron chi connectivity index (χ2n) is 7.03. The van der Waals surface area contributed by atoms with Crippen LogP contribution >= 0.6 is 11.6 Å². The SMILES string of the molecule is O=C(Cc1ccccc1)Nc1ccc2c(c1)N(CCOc1ccc(Cl)cc1)C(=O)CO2. The average Bonchev–Trinajstić information content (AvgIpc) is 2.77. The summed E-state index contributed by atoms with van der Waals surface area (Å²) in [6.45, 7) is 0.615. The highest BCUT2D eigenvalue weighted by atomic mass is 35.5. The molecular formula is C24H21ClN2O4. The summed E-state index contributed by atoms with van der Waals surface area (Å²) in [6, 6.07) is 21.8. The van der Waals surface area contributed by atoms with E-state index >= 15 is 0 Å². The highest BCUT2D eigenvalue weighted by Gasteiger charge is 2.26. The van der Waals surface area contributed by atoms with Gasteiger partial charge >= 0.3 is 0 Å². The lowest BCUT2D eigenvalue weighted by atomic mass is 10.1. The minimum atomic E-state index is -0.167. The number of nitrogens with one attached hydrogen (secondary N) is 1. The Kier molecular flexibility index (Phi) is 6.38. The number of anilines is 2. The molecule has 0 radical (unpaired) electrons. The van der Waals surface area contributed by atoms with Crippen molar-refractivity contribution in [2.45, 2.75) is 6.42 Å². The van der Waals surface area contributed by atoms with Crippen molar-refractivity contribution in [3.8, 4) is 11.5 Å². The van der Waals surface area contributed by atoms with E-state index in [1.165, 1.54) is 0 Å². The number of fused-ring (bicyclic) bond motifs is 1. The van der Waals surface area contributed by atoms with E-state index in [1.807, 2.05) is 30.3 Å². The number of ether oxygens (including phenoxy) is 2. The molecule has 1 aliphatic rings. The van der Waals surface area contributed by atoms with Gasteiger partial charge < -0.3 is 19.7 Å². The smallest absolute Gasteiger partial charge is 0.265 e. The monoisotopic (exact) mass is 436 g/mol. The van der Waals surface area contributed by atoms with E-state index < -0.39 is 0 Å². The first-order chi connectivity index (χ1) is 15.1. The minimum absolute atomic E-state index is 0.0341. The van der Waals surface area contributed by atoms with Gasteiger partial charge in [-0.2, -0.15) is 0 Å². The zero-order valence-electron chi connectivity index (χ0n) is 16.7. The predicted molar refractivity (Wildman–Crippen MR) is 120 cm³/mol. The Morgan fingerprint density at radius 3 is 2.61 bits per heavy atom. The second kappa shape index (κ2) is 9.53. The lowest BCUT2D eigenvalue weighted by Gasteiger charge is -2.29. The molecule has 0 fully saturated rings. The molecular weight excluding hydrogens is 416 g/mol. The van der Waals surface area contributed by atoms with Crippen molar-refractivity contribution < 1.29 is 19.1 Å². The van der Waals surface area contributed by atoms with Gasteiger partial charge in [-0.15, -0.1) is 0 Å². The van der Waals surface area contributed by atoms with Gasteiger partial charge in [-0.25, -0.2) is 0 Å². The first kappa shape index (κ1) is 20.8. The van der Waals surface area contributed by atoms with Crippen molar-refractivity contribution in [1.29, 1.82) is 0 Å². The highest BCUT2D eigenvalue weighted by Crippen LogP contribution is 2.34. The van der Waals surface area contributed by atoms with Crippen LogP contribution in [0.3, 0.4) is 0 Å². The fraction of sp³-hybridized carbons (Fsp3) is 0.167. The third kappa shape index (κ3) is 5.35. The topological polar surface area (TPSA) is 67.9 Å². The summed E-state index contributed by atoms with van der Waals surface area (Å²) in [5.41, 5.74) is 2.13. The molecule has 6 nitrogen and oxygen atoms in total. The van der Waals surface area contributed by atoms with Gasteiger partial charge in [-0.05, 0) is 48.0 Å². The van der Waals surface area contributed by atoms with Crippen LogP contribution in [-0.2, 0) is 16.0 Å². The number of benzene rings is 3. The highest BCUT2D eigenvalue weighted by molar-refractivity contribution is 6.30. The summed E-state index contributed by atoms with van der Waals surface area (Å²) >= 11 is 5.89. The van der Waals surface area contributed by atoms with Crippen LogP contribution < -0.4 is 19.7 Å². The third-order valence-corrected chi connectivity index (χ3v) is 5.04. The van der Waals surface area contributed by atoms with Crippen LogP contribution in [0.5, 0.6) is 11.5 Å². The fourth-order valence-corrected chi connectivity index (χ4v) is 3.42. The Labute approximate surface area is 185 Å². The summed E-state index contributed by atoms with van der Waals surface area (Å²) in [6.07, 6.45) is 0.270. The minimum Gasteiger partial charge on any atom is -0.492 e. The maximum absolute atomic E-state index is 12.5. The van der Waals surface area contributed by atoms with Gasteiger partial charge in [0, 0.05) is 10.7 Å². The quantitative estimate of drug-likeness (QED) is 0.598. The van der Waals surface area contributed by atoms with Crippen LogP contribution in [0.15, 0.2) is 72.8 Å². The van der Waals surface area contributed by atoms with Gasteiger partial charge in [0.05, 0.1) is 18.7 Å². The number of carbonyl (C=O) groups excluding carboxylic acids is 2. The van der Waals surface area contributed by atoms with E-state index in [2.05, 4.69) is 5.32 Å². The van der Waals surface area contributed by atoms with Crippen molar-refractivity contribution >= 4 is 34.8 Å². The van der Waals surface area contributed by atoms with E-state index in [4.69, 9.17) is 21.1 Å². The number of amides is 2. The Bertz CT molecular complexity index is 1070. The molecule has 0 spiro atoms. The van der Waals surface area contributed by atoms with E-state index in [9.17, 15) is 9.59 Å². The summed E-state index contributed by atoms with van der Waals surface area (Å²) in [4.78, 5) is 26.5. The zero-order valence-corrected chi connectivity index (χ0v) is 17.5. The lowest BCUT2D eigenvalue weighted by Crippen LogP contribution is -2.41. The van der Waals surface area contributed by atoms with Gasteiger partial charge in [0.25, 0.3) is 5.91 Å². The molecule has 158 valence electrons. The van der Waals surface area contributed by atoms with Crippen molar-refractivity contribution in [3.63, 3.8) is 0 Å². The van der Waals surface area contributed by atoms with Gasteiger partial charge in [-0.3, -0.25) is 9.59 Å². The van der Waals surface area contributed by atoms with E-state index in [1.54, 1.807) is 47.4 Å². The maximum Gasteiger partial charge on any atom is 0.265 e. The zero-order chi connectivity index (χ0) is 21.6. The molecule has 1 heterocycles. The number of carbonyl (C=O) groups is 2. The van der Waals surface area contributed by atoms with E-state index in [-0.39, 0.29) is 24.8 Å². The molecule has 1 N–H and O–H groups in total. The predicted octanol–water partition coefficient (Wildman–Crippen LogP) is 4.33. The Morgan fingerprint density at radius 2 is 1.84 bits per heavy atom. The van der Waals surface area contributed by atoms with Crippen molar-refractivity contribution in [2.24, 2.45) is 0 Å². The van der Waals surface area contributed by atoms with Gasteiger partial charge in [0.15, 0.2) is 6.61 Å². The molecule has 0 saturated carbocycles. The molecule has 0 aliphatic carbocycles. The molecule has 2 amide bonds. The van der Waals surface area contributed by atoms with Gasteiger partial charge in [-0.1, -0.05) is 41.9 Å². The van der Waals surface area contributed by atoms with Crippen molar-refractivity contribution in [2.75, 3.05) is 30.0 Å². The number of halogens is 1. The van der Waals surface area contributed by atoms with Gasteiger partial charge in [0.1, 0.15) is 18.1 Å². The van der Waals surface area contributed by atoms with Crippen molar-refractivity contribution in [1.82, 2.24) is 0 Å². The van der Waals surface area contributed by atoms with Crippen LogP contribution in [0.2, 0.25) is 5.02 Å². The maximum atomic E-state index is 12.5. The Morgan fingerprint density at radius 1 is 1.06 bits per heavy atom. The second-order valence-corrected chi connectivity index (χ2v) is 7.47. The molecule has 0 bridgehead atoms. The third-order valence-electron chi connectivity index (χ3n) is 4.79. The normalized spacial score (nSPS) is 12.7. The molecule has 7 heteroatoms. The summed E-state index contributed by atoms with van der Waals surface area (Å²) in [5.74, 6) is 0.964. The summed E-state index contributed by atoms with van der Waals surface area (Å²) in [7, 11) is 0. The van der Waals surface area contributed by atoms with E-state index in [0.29, 0.717) is 41.0 Å². The van der Waals surface area contributed by atoms with Crippen LogP contribution in [0, 0.1) is 0 Å². The van der Waals surface area contributed by atoms with Gasteiger partial charge in [0.2, 0.25) is 5.91 Å². The molecule has 0 saturated heterocycles. The molecule has 0 aromatic heterocycles. The first-order valence-electron chi connectivity index (χ1n) is 9.88. The van der Waals surface area contributed by atoms with E-state index in [0.717, 1.165) is 5.56 Å². The summed E-state index contributed by atoms with van der Waals surface area (Å²) < 4.78 is 11.3. The molecule has 31 heavy (non-hydrogen) atoms. The largest absolute Gasteiger partial charge is 0.492 e. The van der Waals surface area contributed by atoms with Crippen molar-refractivity contribution in [3.05, 3.63) is 83.4 Å². The standard InChI is InChI=1S/C24H21ClN2O4/c25-18-6-9-20(10-7-18)30-13-12-27-21-15-19(8-11-22(21)31-16-24(27)29)26-23(28)14-17-4-2-1-3-5-17/h1-11,15H,12-14,16H2,(H,26,28). The fourth-order valence-electron chi connectivity index (χ4n) is 3.30. The Hall–Kier alpha value is -3.51. The number of hydrogen-bond acceptors (Lipinski definition) is 4. The molecule has 3 aromatic carbocycles. The van der Waals surface area contributed by atoms with Crippen LogP contribution in [0.4, 0.5) is 11.4 Å². The molecule has 3 aromatic rings. The number of nitrogens with zero attached hydrogens (tertiary/aromatic N) is 1. The number of hydrogen-bond donors (Lipinski definition) is 1. The molecule has 4 rings (SSSR count). The Balaban J connectivity index is 1.42. The van der Waals surface area contributed by atoms with Crippen LogP contribution in [0.1, 0.15) is 5.56 Å². The first-order valence-corrected chi connectivity index (χ1v) is 10.3. The summed E-state index contributed by atoms with van der Waals surface area (Å²) in [5, 5.41) is 3.52. The van der Waals surface area contributed by atoms with Crippen LogP contribution in [-0.4, -0.2) is 31.6 Å². The van der Waals surface area contributed by atoms with Crippen LogP contribution in [0.25, 0.3) is 0 Å². The number of rotatable bonds is 7. The molecule has 1 aliphatic heterocycles. The molecule has 0 atom stereocenters. The lowest BCUT2D eigenvalue weighted by molar-refractivity contribution is -0.121.